The molecule has 1 unspecified atom stereocenters. The highest BCUT2D eigenvalue weighted by molar-refractivity contribution is 6.20. The first-order chi connectivity index (χ1) is 20.1. The van der Waals surface area contributed by atoms with Gasteiger partial charge >= 0.3 is 0 Å². The summed E-state index contributed by atoms with van der Waals surface area (Å²) in [7, 11) is 6.29. The van der Waals surface area contributed by atoms with E-state index in [1.54, 1.807) is 75.8 Å². The number of rotatable bonds is 7. The fraction of sp³-hybridized carbons (Fsp3) is 0.294. The SMILES string of the molecule is COc1ccc(/C(O)=C2\C(=N)N(c3cc(OC)ccc3OC)C3=C(C(=O)CC(C)(C)C3)C2c2ccccc2OC)cc1. The predicted molar refractivity (Wildman–Crippen MR) is 163 cm³/mol. The number of hydrogen-bond acceptors (Lipinski definition) is 7. The molecule has 218 valence electrons. The van der Waals surface area contributed by atoms with Crippen molar-refractivity contribution in [1.29, 1.82) is 5.41 Å². The molecule has 0 saturated carbocycles. The molecule has 1 atom stereocenters. The third-order valence-corrected chi connectivity index (χ3v) is 7.92. The highest BCUT2D eigenvalue weighted by Crippen LogP contribution is 2.53. The van der Waals surface area contributed by atoms with E-state index in [9.17, 15) is 15.3 Å². The number of allylic oxidation sites excluding steroid dienone is 2. The summed E-state index contributed by atoms with van der Waals surface area (Å²) >= 11 is 0. The number of para-hydroxylation sites is 1. The summed E-state index contributed by atoms with van der Waals surface area (Å²) in [5.41, 5.74) is 2.85. The number of aliphatic hydroxyl groups is 1. The van der Waals surface area contributed by atoms with E-state index in [2.05, 4.69) is 13.8 Å². The second kappa shape index (κ2) is 11.3. The van der Waals surface area contributed by atoms with Crippen molar-refractivity contribution in [2.24, 2.45) is 5.41 Å². The van der Waals surface area contributed by atoms with Gasteiger partial charge in [0, 0.05) is 40.5 Å². The van der Waals surface area contributed by atoms with Gasteiger partial charge in [-0.2, -0.15) is 0 Å². The monoisotopic (exact) mass is 568 g/mol. The second-order valence-corrected chi connectivity index (χ2v) is 11.2. The molecule has 1 heterocycles. The lowest BCUT2D eigenvalue weighted by atomic mass is 9.67. The molecular weight excluding hydrogens is 532 g/mol. The third-order valence-electron chi connectivity index (χ3n) is 7.92. The van der Waals surface area contributed by atoms with E-state index in [1.807, 2.05) is 24.3 Å². The van der Waals surface area contributed by atoms with Crippen LogP contribution in [0, 0.1) is 10.8 Å². The Labute approximate surface area is 246 Å². The Bertz CT molecular complexity index is 1600. The van der Waals surface area contributed by atoms with Crippen molar-refractivity contribution in [1.82, 2.24) is 0 Å². The van der Waals surface area contributed by atoms with Crippen molar-refractivity contribution >= 4 is 23.1 Å². The summed E-state index contributed by atoms with van der Waals surface area (Å²) in [6.07, 6.45) is 0.851. The molecule has 8 heteroatoms. The lowest BCUT2D eigenvalue weighted by molar-refractivity contribution is -0.118. The Morgan fingerprint density at radius 3 is 2.14 bits per heavy atom. The van der Waals surface area contributed by atoms with Crippen LogP contribution in [0.4, 0.5) is 5.69 Å². The molecule has 2 N–H and O–H groups in total. The zero-order valence-corrected chi connectivity index (χ0v) is 24.8. The number of nitrogens with zero attached hydrogens (tertiary/aromatic N) is 1. The molecule has 0 radical (unpaired) electrons. The van der Waals surface area contributed by atoms with Gasteiger partial charge in [0.2, 0.25) is 0 Å². The largest absolute Gasteiger partial charge is 0.507 e. The minimum atomic E-state index is -0.748. The number of amidine groups is 1. The standard InChI is InChI=1S/C34H36N2O6/c1-34(2)18-25-30(26(37)19-34)29(23-9-7-8-10-27(23)41-5)31(32(38)20-11-13-21(39-3)14-12-20)33(35)36(25)24-17-22(40-4)15-16-28(24)42-6/h7-17,29,35,38H,18-19H2,1-6H3/b32-31+,35-33?. The summed E-state index contributed by atoms with van der Waals surface area (Å²) in [6, 6.07) is 19.8. The van der Waals surface area contributed by atoms with E-state index >= 15 is 0 Å². The molecule has 0 bridgehead atoms. The Hall–Kier alpha value is -4.72. The number of hydrogen-bond donors (Lipinski definition) is 2. The van der Waals surface area contributed by atoms with Gasteiger partial charge in [0.1, 0.15) is 34.6 Å². The molecule has 0 saturated heterocycles. The molecule has 1 aliphatic carbocycles. The van der Waals surface area contributed by atoms with E-state index in [4.69, 9.17) is 18.9 Å². The second-order valence-electron chi connectivity index (χ2n) is 11.2. The summed E-state index contributed by atoms with van der Waals surface area (Å²) in [4.78, 5) is 15.9. The summed E-state index contributed by atoms with van der Waals surface area (Å²) in [5, 5.41) is 21.7. The van der Waals surface area contributed by atoms with Crippen LogP contribution in [0.15, 0.2) is 83.6 Å². The van der Waals surface area contributed by atoms with E-state index < -0.39 is 5.92 Å². The van der Waals surface area contributed by atoms with E-state index in [0.29, 0.717) is 63.9 Å². The van der Waals surface area contributed by atoms with Crippen molar-refractivity contribution < 1.29 is 28.8 Å². The highest BCUT2D eigenvalue weighted by Gasteiger charge is 2.48. The number of anilines is 1. The lowest BCUT2D eigenvalue weighted by Crippen LogP contribution is -2.45. The number of Topliss-reactive ketones (excluding diaryl/α,β-unsaturated/α-hetero) is 1. The molecule has 8 nitrogen and oxygen atoms in total. The molecule has 3 aromatic carbocycles. The first-order valence-corrected chi connectivity index (χ1v) is 13.7. The van der Waals surface area contributed by atoms with Gasteiger partial charge in [0.25, 0.3) is 0 Å². The normalized spacial score (nSPS) is 19.3. The fourth-order valence-corrected chi connectivity index (χ4v) is 5.97. The van der Waals surface area contributed by atoms with Crippen LogP contribution >= 0.6 is 0 Å². The van der Waals surface area contributed by atoms with E-state index in [-0.39, 0.29) is 28.4 Å². The number of carbonyl (C=O) groups excluding carboxylic acids is 1. The zero-order valence-electron chi connectivity index (χ0n) is 24.8. The fourth-order valence-electron chi connectivity index (χ4n) is 5.97. The van der Waals surface area contributed by atoms with Gasteiger partial charge in [-0.1, -0.05) is 32.0 Å². The van der Waals surface area contributed by atoms with Gasteiger partial charge in [-0.25, -0.2) is 0 Å². The van der Waals surface area contributed by atoms with Gasteiger partial charge in [-0.3, -0.25) is 15.1 Å². The van der Waals surface area contributed by atoms with E-state index in [0.717, 1.165) is 0 Å². The average Bonchev–Trinajstić information content (AvgIpc) is 2.99. The number of ketones is 1. The first kappa shape index (κ1) is 28.8. The maximum Gasteiger partial charge on any atom is 0.162 e. The predicted octanol–water partition coefficient (Wildman–Crippen LogP) is 6.91. The smallest absolute Gasteiger partial charge is 0.162 e. The topological polar surface area (TPSA) is 101 Å². The Morgan fingerprint density at radius 2 is 1.50 bits per heavy atom. The molecule has 2 aliphatic rings. The van der Waals surface area contributed by atoms with Gasteiger partial charge in [-0.05, 0) is 54.3 Å². The zero-order chi connectivity index (χ0) is 30.2. The van der Waals surface area contributed by atoms with Crippen molar-refractivity contribution in [2.75, 3.05) is 33.3 Å². The van der Waals surface area contributed by atoms with Crippen molar-refractivity contribution in [3.63, 3.8) is 0 Å². The van der Waals surface area contributed by atoms with Crippen molar-refractivity contribution in [3.05, 3.63) is 94.7 Å². The maximum absolute atomic E-state index is 14.2. The number of carbonyl (C=O) groups is 1. The summed E-state index contributed by atoms with van der Waals surface area (Å²) in [5.74, 6) is 1.38. The molecule has 1 aliphatic heterocycles. The van der Waals surface area contributed by atoms with Crippen LogP contribution < -0.4 is 23.8 Å². The first-order valence-electron chi connectivity index (χ1n) is 13.7. The number of nitrogens with one attached hydrogen (secondary N) is 1. The molecule has 0 amide bonds. The van der Waals surface area contributed by atoms with Crippen LogP contribution in [0.5, 0.6) is 23.0 Å². The van der Waals surface area contributed by atoms with Crippen molar-refractivity contribution in [2.45, 2.75) is 32.6 Å². The van der Waals surface area contributed by atoms with Crippen LogP contribution in [0.1, 0.15) is 43.7 Å². The minimum absolute atomic E-state index is 0.0232. The molecule has 0 spiro atoms. The molecular formula is C34H36N2O6. The van der Waals surface area contributed by atoms with Crippen LogP contribution in [-0.4, -0.2) is 45.2 Å². The van der Waals surface area contributed by atoms with Crippen LogP contribution in [0.3, 0.4) is 0 Å². The van der Waals surface area contributed by atoms with Gasteiger partial charge in [-0.15, -0.1) is 0 Å². The summed E-state index contributed by atoms with van der Waals surface area (Å²) < 4.78 is 22.4. The number of methoxy groups -OCH3 is 4. The lowest BCUT2D eigenvalue weighted by Gasteiger charge is -2.45. The third kappa shape index (κ3) is 4.98. The van der Waals surface area contributed by atoms with Crippen LogP contribution in [0.25, 0.3) is 5.76 Å². The van der Waals surface area contributed by atoms with Gasteiger partial charge in [0.05, 0.1) is 40.0 Å². The Balaban J connectivity index is 1.89. The number of benzene rings is 3. The molecule has 5 rings (SSSR count). The maximum atomic E-state index is 14.2. The average molecular weight is 569 g/mol. The Kier molecular flexibility index (Phi) is 7.73. The van der Waals surface area contributed by atoms with Crippen LogP contribution in [-0.2, 0) is 4.79 Å². The Morgan fingerprint density at radius 1 is 0.857 bits per heavy atom. The molecule has 3 aromatic rings. The van der Waals surface area contributed by atoms with E-state index in [1.165, 1.54) is 0 Å². The number of aliphatic hydroxyl groups excluding tert-OH is 1. The van der Waals surface area contributed by atoms with Crippen molar-refractivity contribution in [3.8, 4) is 23.0 Å². The summed E-state index contributed by atoms with van der Waals surface area (Å²) in [6.45, 7) is 4.11. The molecule has 0 aromatic heterocycles. The quantitative estimate of drug-likeness (QED) is 0.299. The highest BCUT2D eigenvalue weighted by atomic mass is 16.5. The number of ether oxygens (including phenoxy) is 4. The molecule has 0 fully saturated rings. The van der Waals surface area contributed by atoms with Gasteiger partial charge < -0.3 is 24.1 Å². The minimum Gasteiger partial charge on any atom is -0.507 e. The van der Waals surface area contributed by atoms with Crippen LogP contribution in [0.2, 0.25) is 0 Å². The molecule has 42 heavy (non-hydrogen) atoms. The van der Waals surface area contributed by atoms with Gasteiger partial charge in [0.15, 0.2) is 5.78 Å².